The molecule has 3 rings (SSSR count). The van der Waals surface area contributed by atoms with Gasteiger partial charge >= 0.3 is 0 Å². The van der Waals surface area contributed by atoms with Gasteiger partial charge in [-0.05, 0) is 55.5 Å². The van der Waals surface area contributed by atoms with Crippen LogP contribution in [0.15, 0.2) is 83.8 Å². The number of halogens is 1. The van der Waals surface area contributed by atoms with Crippen molar-refractivity contribution in [3.05, 3.63) is 90.2 Å². The van der Waals surface area contributed by atoms with Gasteiger partial charge in [0.2, 0.25) is 5.91 Å². The third-order valence-electron chi connectivity index (χ3n) is 4.45. The highest BCUT2D eigenvalue weighted by atomic mass is 32.2. The number of nitrogens with zero attached hydrogens (tertiary/aromatic N) is 1. The molecule has 0 saturated carbocycles. The Morgan fingerprint density at radius 1 is 0.968 bits per heavy atom. The van der Waals surface area contributed by atoms with Gasteiger partial charge in [0.1, 0.15) is 24.7 Å². The van der Waals surface area contributed by atoms with E-state index >= 15 is 0 Å². The Balaban J connectivity index is 1.71. The first-order valence-electron chi connectivity index (χ1n) is 9.66. The number of ether oxygens (including phenoxy) is 1. The third-order valence-corrected chi connectivity index (χ3v) is 6.24. The van der Waals surface area contributed by atoms with E-state index in [4.69, 9.17) is 4.74 Å². The highest BCUT2D eigenvalue weighted by Gasteiger charge is 2.27. The minimum absolute atomic E-state index is 0.102. The van der Waals surface area contributed by atoms with Crippen molar-refractivity contribution in [2.45, 2.75) is 11.8 Å². The maximum atomic E-state index is 13.3. The number of anilines is 1. The number of sulfonamides is 1. The summed E-state index contributed by atoms with van der Waals surface area (Å²) in [5.41, 5.74) is 1.29. The zero-order valence-corrected chi connectivity index (χ0v) is 17.8. The topological polar surface area (TPSA) is 75.7 Å². The lowest BCUT2D eigenvalue weighted by Gasteiger charge is -2.24. The van der Waals surface area contributed by atoms with Crippen molar-refractivity contribution in [1.29, 1.82) is 0 Å². The van der Waals surface area contributed by atoms with E-state index in [1.54, 1.807) is 36.4 Å². The summed E-state index contributed by atoms with van der Waals surface area (Å²) < 4.78 is 46.2. The van der Waals surface area contributed by atoms with Gasteiger partial charge in [0.25, 0.3) is 10.0 Å². The van der Waals surface area contributed by atoms with Crippen LogP contribution in [-0.2, 0) is 14.8 Å². The zero-order chi connectivity index (χ0) is 22.3. The predicted octanol–water partition coefficient (Wildman–Crippen LogP) is 3.52. The largest absolute Gasteiger partial charge is 0.492 e. The second kappa shape index (κ2) is 10.1. The van der Waals surface area contributed by atoms with Gasteiger partial charge in [-0.25, -0.2) is 12.8 Å². The molecule has 31 heavy (non-hydrogen) atoms. The lowest BCUT2D eigenvalue weighted by molar-refractivity contribution is -0.119. The molecule has 0 aromatic heterocycles. The maximum Gasteiger partial charge on any atom is 0.264 e. The molecule has 0 aliphatic heterocycles. The number of benzene rings is 3. The van der Waals surface area contributed by atoms with Crippen LogP contribution >= 0.6 is 0 Å². The Bertz CT molecular complexity index is 1100. The van der Waals surface area contributed by atoms with Gasteiger partial charge in [0.15, 0.2) is 0 Å². The molecule has 6 nitrogen and oxygen atoms in total. The van der Waals surface area contributed by atoms with Gasteiger partial charge in [-0.1, -0.05) is 35.9 Å². The number of aryl methyl sites for hydroxylation is 1. The zero-order valence-electron chi connectivity index (χ0n) is 17.0. The number of hydrogen-bond donors (Lipinski definition) is 1. The molecule has 0 spiro atoms. The van der Waals surface area contributed by atoms with Crippen molar-refractivity contribution in [3.8, 4) is 5.75 Å². The fourth-order valence-electron chi connectivity index (χ4n) is 2.82. The smallest absolute Gasteiger partial charge is 0.264 e. The van der Waals surface area contributed by atoms with Crippen LogP contribution in [-0.4, -0.2) is 34.0 Å². The van der Waals surface area contributed by atoms with Crippen molar-refractivity contribution < 1.29 is 22.3 Å². The average molecular weight is 443 g/mol. The average Bonchev–Trinajstić information content (AvgIpc) is 2.77. The van der Waals surface area contributed by atoms with Gasteiger partial charge in [-0.2, -0.15) is 0 Å². The van der Waals surface area contributed by atoms with E-state index in [-0.39, 0.29) is 18.0 Å². The molecule has 0 radical (unpaired) electrons. The van der Waals surface area contributed by atoms with Crippen LogP contribution in [0.3, 0.4) is 0 Å². The van der Waals surface area contributed by atoms with Crippen molar-refractivity contribution in [1.82, 2.24) is 5.32 Å². The Labute approximate surface area is 181 Å². The minimum Gasteiger partial charge on any atom is -0.492 e. The molecular formula is C23H23FN2O4S. The van der Waals surface area contributed by atoms with E-state index in [1.807, 2.05) is 25.1 Å². The van der Waals surface area contributed by atoms with Gasteiger partial charge < -0.3 is 10.1 Å². The maximum absolute atomic E-state index is 13.3. The minimum atomic E-state index is -4.08. The molecular weight excluding hydrogens is 419 g/mol. The highest BCUT2D eigenvalue weighted by Crippen LogP contribution is 2.24. The van der Waals surface area contributed by atoms with Crippen LogP contribution in [0.2, 0.25) is 0 Å². The molecule has 1 N–H and O–H groups in total. The fraction of sp³-hybridized carbons (Fsp3) is 0.174. The monoisotopic (exact) mass is 442 g/mol. The van der Waals surface area contributed by atoms with E-state index in [9.17, 15) is 17.6 Å². The van der Waals surface area contributed by atoms with Crippen molar-refractivity contribution in [2.24, 2.45) is 0 Å². The van der Waals surface area contributed by atoms with E-state index in [0.717, 1.165) is 22.0 Å². The lowest BCUT2D eigenvalue weighted by atomic mass is 10.2. The lowest BCUT2D eigenvalue weighted by Crippen LogP contribution is -2.41. The van der Waals surface area contributed by atoms with Crippen LogP contribution < -0.4 is 14.4 Å². The highest BCUT2D eigenvalue weighted by molar-refractivity contribution is 7.92. The van der Waals surface area contributed by atoms with Crippen molar-refractivity contribution in [3.63, 3.8) is 0 Å². The first-order valence-corrected chi connectivity index (χ1v) is 11.1. The van der Waals surface area contributed by atoms with E-state index < -0.39 is 28.3 Å². The first-order chi connectivity index (χ1) is 14.9. The standard InChI is InChI=1S/C23H23FN2O4S/c1-18-7-11-20(12-8-18)26(31(28,29)22-13-9-19(24)10-14-22)17-23(27)25-15-16-30-21-5-3-2-4-6-21/h2-14H,15-17H2,1H3,(H,25,27). The molecule has 3 aromatic carbocycles. The Morgan fingerprint density at radius 3 is 2.26 bits per heavy atom. The van der Waals surface area contributed by atoms with Gasteiger partial charge in [-0.15, -0.1) is 0 Å². The molecule has 0 aliphatic carbocycles. The quantitative estimate of drug-likeness (QED) is 0.515. The van der Waals surface area contributed by atoms with Gasteiger partial charge in [0.05, 0.1) is 17.1 Å². The molecule has 0 bridgehead atoms. The van der Waals surface area contributed by atoms with E-state index in [0.29, 0.717) is 11.4 Å². The third kappa shape index (κ3) is 6.05. The SMILES string of the molecule is Cc1ccc(N(CC(=O)NCCOc2ccccc2)S(=O)(=O)c2ccc(F)cc2)cc1. The molecule has 0 aliphatic rings. The number of amides is 1. The summed E-state index contributed by atoms with van der Waals surface area (Å²) in [7, 11) is -4.08. The van der Waals surface area contributed by atoms with Crippen LogP contribution in [0.5, 0.6) is 5.75 Å². The Morgan fingerprint density at radius 2 is 1.61 bits per heavy atom. The molecule has 0 atom stereocenters. The molecule has 162 valence electrons. The van der Waals surface area contributed by atoms with Crippen LogP contribution in [0.25, 0.3) is 0 Å². The summed E-state index contributed by atoms with van der Waals surface area (Å²) in [6.45, 7) is 1.91. The van der Waals surface area contributed by atoms with E-state index in [1.165, 1.54) is 12.1 Å². The molecule has 3 aromatic rings. The second-order valence-corrected chi connectivity index (χ2v) is 8.67. The number of nitrogens with one attached hydrogen (secondary N) is 1. The van der Waals surface area contributed by atoms with Crippen LogP contribution in [0.1, 0.15) is 5.56 Å². The summed E-state index contributed by atoms with van der Waals surface area (Å²) in [5, 5.41) is 2.67. The van der Waals surface area contributed by atoms with Gasteiger partial charge in [-0.3, -0.25) is 9.10 Å². The van der Waals surface area contributed by atoms with Crippen molar-refractivity contribution in [2.75, 3.05) is 24.0 Å². The Hall–Kier alpha value is -3.39. The van der Waals surface area contributed by atoms with Crippen LogP contribution in [0.4, 0.5) is 10.1 Å². The fourth-order valence-corrected chi connectivity index (χ4v) is 4.24. The van der Waals surface area contributed by atoms with E-state index in [2.05, 4.69) is 5.32 Å². The van der Waals surface area contributed by atoms with Gasteiger partial charge in [0, 0.05) is 0 Å². The molecule has 8 heteroatoms. The summed E-state index contributed by atoms with van der Waals surface area (Å²) in [6, 6.07) is 20.4. The molecule has 0 unspecified atom stereocenters. The number of carbonyl (C=O) groups excluding carboxylic acids is 1. The number of hydrogen-bond acceptors (Lipinski definition) is 4. The second-order valence-electron chi connectivity index (χ2n) is 6.81. The Kier molecular flexibility index (Phi) is 7.25. The normalized spacial score (nSPS) is 11.0. The molecule has 0 saturated heterocycles. The predicted molar refractivity (Wildman–Crippen MR) is 117 cm³/mol. The molecule has 0 fully saturated rings. The number of rotatable bonds is 9. The first kappa shape index (κ1) is 22.3. The summed E-state index contributed by atoms with van der Waals surface area (Å²) >= 11 is 0. The summed E-state index contributed by atoms with van der Waals surface area (Å²) in [5.74, 6) is -0.350. The number of carbonyl (C=O) groups is 1. The van der Waals surface area contributed by atoms with Crippen molar-refractivity contribution >= 4 is 21.6 Å². The van der Waals surface area contributed by atoms with Crippen LogP contribution in [0, 0.1) is 12.7 Å². The molecule has 1 amide bonds. The summed E-state index contributed by atoms with van der Waals surface area (Å²) in [6.07, 6.45) is 0. The molecule has 0 heterocycles. The number of para-hydroxylation sites is 1. The summed E-state index contributed by atoms with van der Waals surface area (Å²) in [4.78, 5) is 12.4.